The van der Waals surface area contributed by atoms with Gasteiger partial charge in [0.2, 0.25) is 0 Å². The van der Waals surface area contributed by atoms with Crippen LogP contribution in [0.3, 0.4) is 0 Å². The second kappa shape index (κ2) is 3.59. The molecule has 0 bridgehead atoms. The number of fused-ring (bicyclic) bond motifs is 2. The summed E-state index contributed by atoms with van der Waals surface area (Å²) in [5.74, 6) is 1.26. The van der Waals surface area contributed by atoms with E-state index < -0.39 is 0 Å². The second-order valence-electron chi connectivity index (χ2n) is 3.94. The third-order valence-corrected chi connectivity index (χ3v) is 4.09. The minimum absolute atomic E-state index is 1.00. The van der Waals surface area contributed by atoms with Gasteiger partial charge in [0.05, 0.1) is 5.69 Å². The Morgan fingerprint density at radius 1 is 1.27 bits per heavy atom. The summed E-state index contributed by atoms with van der Waals surface area (Å²) in [7, 11) is 0. The zero-order valence-electron chi connectivity index (χ0n) is 8.13. The fourth-order valence-electron chi connectivity index (χ4n) is 2.19. The molecule has 1 fully saturated rings. The normalized spacial score (nSPS) is 18.5. The Morgan fingerprint density at radius 2 is 2.13 bits per heavy atom. The van der Waals surface area contributed by atoms with Crippen LogP contribution in [-0.2, 0) is 6.54 Å². The van der Waals surface area contributed by atoms with E-state index in [4.69, 9.17) is 4.99 Å². The first-order chi connectivity index (χ1) is 7.24. The van der Waals surface area contributed by atoms with E-state index in [-0.39, 0.29) is 0 Å². The molecule has 0 saturated carbocycles. The maximum atomic E-state index is 4.71. The molecule has 4 heteroatoms. The van der Waals surface area contributed by atoms with E-state index >= 15 is 0 Å². The Balaban J connectivity index is 2.15. The van der Waals surface area contributed by atoms with Crippen LogP contribution in [0.4, 0.5) is 5.69 Å². The second-order valence-corrected chi connectivity index (χ2v) is 5.71. The highest BCUT2D eigenvalue weighted by atomic mass is 79.9. The van der Waals surface area contributed by atoms with Crippen molar-refractivity contribution in [3.8, 4) is 0 Å². The molecule has 0 unspecified atom stereocenters. The van der Waals surface area contributed by atoms with Gasteiger partial charge in [-0.2, -0.15) is 0 Å². The van der Waals surface area contributed by atoms with E-state index in [1.54, 1.807) is 0 Å². The van der Waals surface area contributed by atoms with Crippen molar-refractivity contribution in [3.05, 3.63) is 26.6 Å². The molecule has 2 aliphatic rings. The number of amidine groups is 1. The van der Waals surface area contributed by atoms with Crippen LogP contribution in [0.15, 0.2) is 26.1 Å². The number of hydrogen-bond acceptors (Lipinski definition) is 2. The lowest BCUT2D eigenvalue weighted by molar-refractivity contribution is 0.442. The fraction of sp³-hybridized carbons (Fsp3) is 0.364. The highest BCUT2D eigenvalue weighted by Gasteiger charge is 2.25. The van der Waals surface area contributed by atoms with Gasteiger partial charge in [0.1, 0.15) is 5.84 Å². The highest BCUT2D eigenvalue weighted by Crippen LogP contribution is 2.37. The molecular weight excluding hydrogens is 320 g/mol. The summed E-state index contributed by atoms with van der Waals surface area (Å²) >= 11 is 7.10. The smallest absolute Gasteiger partial charge is 0.105 e. The summed E-state index contributed by atoms with van der Waals surface area (Å²) in [5, 5.41) is 0. The Hall–Kier alpha value is -0.350. The van der Waals surface area contributed by atoms with Gasteiger partial charge in [0.15, 0.2) is 0 Å². The largest absolute Gasteiger partial charge is 0.356 e. The van der Waals surface area contributed by atoms with Crippen molar-refractivity contribution in [2.45, 2.75) is 19.4 Å². The molecule has 2 aliphatic heterocycles. The lowest BCUT2D eigenvalue weighted by Gasteiger charge is -2.25. The average Bonchev–Trinajstić information content (AvgIpc) is 2.61. The number of benzene rings is 1. The first-order valence-corrected chi connectivity index (χ1v) is 6.63. The Labute approximate surface area is 106 Å². The summed E-state index contributed by atoms with van der Waals surface area (Å²) in [5.41, 5.74) is 2.42. The predicted molar refractivity (Wildman–Crippen MR) is 68.6 cm³/mol. The molecule has 3 rings (SSSR count). The van der Waals surface area contributed by atoms with E-state index in [0.717, 1.165) is 34.1 Å². The summed E-state index contributed by atoms with van der Waals surface area (Å²) in [6.45, 7) is 2.16. The minimum Gasteiger partial charge on any atom is -0.356 e. The van der Waals surface area contributed by atoms with Crippen molar-refractivity contribution >= 4 is 43.4 Å². The van der Waals surface area contributed by atoms with Crippen molar-refractivity contribution < 1.29 is 0 Å². The number of halogens is 2. The third-order valence-electron chi connectivity index (χ3n) is 2.93. The van der Waals surface area contributed by atoms with Crippen molar-refractivity contribution in [1.29, 1.82) is 0 Å². The summed E-state index contributed by atoms with van der Waals surface area (Å²) in [6.07, 6.45) is 2.37. The topological polar surface area (TPSA) is 15.6 Å². The lowest BCUT2D eigenvalue weighted by atomic mass is 10.1. The number of aliphatic imine (C=N–C) groups is 1. The van der Waals surface area contributed by atoms with Crippen LogP contribution < -0.4 is 0 Å². The van der Waals surface area contributed by atoms with Crippen LogP contribution in [-0.4, -0.2) is 17.3 Å². The summed E-state index contributed by atoms with van der Waals surface area (Å²) in [4.78, 5) is 7.09. The van der Waals surface area contributed by atoms with Gasteiger partial charge in [0, 0.05) is 34.0 Å². The van der Waals surface area contributed by atoms with Gasteiger partial charge >= 0.3 is 0 Å². The van der Waals surface area contributed by atoms with E-state index in [1.807, 2.05) is 0 Å². The van der Waals surface area contributed by atoms with Gasteiger partial charge in [-0.25, -0.2) is 4.99 Å². The van der Waals surface area contributed by atoms with Gasteiger partial charge in [0.25, 0.3) is 0 Å². The van der Waals surface area contributed by atoms with Gasteiger partial charge in [-0.05, 0) is 18.6 Å². The van der Waals surface area contributed by atoms with Crippen molar-refractivity contribution in [1.82, 2.24) is 4.90 Å². The summed E-state index contributed by atoms with van der Waals surface area (Å²) < 4.78 is 2.24. The SMILES string of the molecule is Brc1cc(Br)c2c(c1)N=C1CCCN1C2. The van der Waals surface area contributed by atoms with Gasteiger partial charge in [-0.15, -0.1) is 0 Å². The Kier molecular flexibility index (Phi) is 2.36. The van der Waals surface area contributed by atoms with E-state index in [0.29, 0.717) is 0 Å². The first kappa shape index (κ1) is 9.85. The van der Waals surface area contributed by atoms with E-state index in [2.05, 4.69) is 48.9 Å². The Bertz CT molecular complexity index is 454. The number of hydrogen-bond donors (Lipinski definition) is 0. The van der Waals surface area contributed by atoms with Crippen molar-refractivity contribution in [2.24, 2.45) is 4.99 Å². The van der Waals surface area contributed by atoms with Crippen LogP contribution >= 0.6 is 31.9 Å². The van der Waals surface area contributed by atoms with E-state index in [9.17, 15) is 0 Å². The standard InChI is InChI=1S/C11H10Br2N2/c12-7-4-9(13)8-6-15-3-1-2-11(15)14-10(8)5-7/h4-5H,1-3,6H2. The van der Waals surface area contributed by atoms with Crippen LogP contribution in [0.2, 0.25) is 0 Å². The molecule has 78 valence electrons. The van der Waals surface area contributed by atoms with Gasteiger partial charge in [-0.3, -0.25) is 0 Å². The molecule has 2 nitrogen and oxygen atoms in total. The Morgan fingerprint density at radius 3 is 3.00 bits per heavy atom. The molecule has 0 amide bonds. The monoisotopic (exact) mass is 328 g/mol. The zero-order chi connectivity index (χ0) is 10.4. The molecule has 0 aliphatic carbocycles. The van der Waals surface area contributed by atoms with Gasteiger partial charge < -0.3 is 4.90 Å². The molecule has 0 atom stereocenters. The molecule has 0 N–H and O–H groups in total. The quantitative estimate of drug-likeness (QED) is 0.706. The van der Waals surface area contributed by atoms with Gasteiger partial charge in [-0.1, -0.05) is 31.9 Å². The highest BCUT2D eigenvalue weighted by molar-refractivity contribution is 9.11. The molecule has 1 aromatic carbocycles. The molecule has 0 radical (unpaired) electrons. The van der Waals surface area contributed by atoms with E-state index in [1.165, 1.54) is 17.8 Å². The molecule has 1 aromatic rings. The minimum atomic E-state index is 1.00. The molecule has 0 aromatic heterocycles. The number of rotatable bonds is 0. The first-order valence-electron chi connectivity index (χ1n) is 5.04. The lowest BCUT2D eigenvalue weighted by Crippen LogP contribution is -2.27. The molecule has 0 spiro atoms. The summed E-state index contributed by atoms with van der Waals surface area (Å²) in [6, 6.07) is 4.19. The van der Waals surface area contributed by atoms with Crippen LogP contribution in [0, 0.1) is 0 Å². The van der Waals surface area contributed by atoms with Crippen molar-refractivity contribution in [3.63, 3.8) is 0 Å². The number of nitrogens with zero attached hydrogens (tertiary/aromatic N) is 2. The van der Waals surface area contributed by atoms with Crippen LogP contribution in [0.5, 0.6) is 0 Å². The maximum Gasteiger partial charge on any atom is 0.105 e. The third kappa shape index (κ3) is 1.64. The maximum absolute atomic E-state index is 4.71. The zero-order valence-corrected chi connectivity index (χ0v) is 11.3. The average molecular weight is 330 g/mol. The molecule has 15 heavy (non-hydrogen) atoms. The molecular formula is C11H10Br2N2. The fourth-order valence-corrected chi connectivity index (χ4v) is 3.52. The van der Waals surface area contributed by atoms with Crippen LogP contribution in [0.1, 0.15) is 18.4 Å². The van der Waals surface area contributed by atoms with Crippen LogP contribution in [0.25, 0.3) is 0 Å². The molecule has 2 heterocycles. The predicted octanol–water partition coefficient (Wildman–Crippen LogP) is 3.85. The molecule has 1 saturated heterocycles. The van der Waals surface area contributed by atoms with Crippen molar-refractivity contribution in [2.75, 3.05) is 6.54 Å².